The van der Waals surface area contributed by atoms with Crippen molar-refractivity contribution in [1.82, 2.24) is 0 Å². The molecule has 0 saturated heterocycles. The van der Waals surface area contributed by atoms with Gasteiger partial charge in [0, 0.05) is 5.56 Å². The number of fused-ring (bicyclic) bond motifs is 1. The Bertz CT molecular complexity index is 1490. The van der Waals surface area contributed by atoms with Gasteiger partial charge in [-0.15, -0.1) is 0 Å². The molecule has 0 spiro atoms. The SMILES string of the molecule is Cc1ccc(S(=O)(=O)Oc2c(-c3ccc(C(C)(C)C)cc3)oc3ccc(C)cc3c2=O)cc1. The van der Waals surface area contributed by atoms with E-state index in [9.17, 15) is 13.2 Å². The van der Waals surface area contributed by atoms with Crippen molar-refractivity contribution >= 4 is 21.1 Å². The standard InChI is InChI=1S/C27H26O5S/c1-17-6-13-21(14-7-17)33(29,30)32-26-24(28)22-16-18(2)8-15-23(22)31-25(26)19-9-11-20(12-10-19)27(3,4)5/h6-16H,1-5H3. The van der Waals surface area contributed by atoms with Gasteiger partial charge in [0.25, 0.3) is 0 Å². The normalized spacial score (nSPS) is 12.2. The van der Waals surface area contributed by atoms with E-state index in [2.05, 4.69) is 20.8 Å². The third-order valence-electron chi connectivity index (χ3n) is 5.52. The van der Waals surface area contributed by atoms with Crippen LogP contribution in [0.4, 0.5) is 0 Å². The molecule has 6 heteroatoms. The molecule has 4 rings (SSSR count). The van der Waals surface area contributed by atoms with Gasteiger partial charge in [-0.1, -0.05) is 74.4 Å². The molecule has 0 fully saturated rings. The Morgan fingerprint density at radius 2 is 1.42 bits per heavy atom. The molecular formula is C27H26O5S. The molecule has 0 amide bonds. The summed E-state index contributed by atoms with van der Waals surface area (Å²) in [4.78, 5) is 13.4. The van der Waals surface area contributed by atoms with Gasteiger partial charge in [0.1, 0.15) is 10.5 Å². The molecule has 170 valence electrons. The molecule has 0 aliphatic carbocycles. The monoisotopic (exact) mass is 462 g/mol. The van der Waals surface area contributed by atoms with Crippen LogP contribution in [0.5, 0.6) is 5.75 Å². The molecule has 0 N–H and O–H groups in total. The highest BCUT2D eigenvalue weighted by molar-refractivity contribution is 7.87. The summed E-state index contributed by atoms with van der Waals surface area (Å²) >= 11 is 0. The van der Waals surface area contributed by atoms with Gasteiger partial charge < -0.3 is 8.60 Å². The fourth-order valence-corrected chi connectivity index (χ4v) is 4.48. The highest BCUT2D eigenvalue weighted by Crippen LogP contribution is 2.34. The van der Waals surface area contributed by atoms with Gasteiger partial charge >= 0.3 is 10.1 Å². The number of hydrogen-bond acceptors (Lipinski definition) is 5. The van der Waals surface area contributed by atoms with E-state index in [1.807, 2.05) is 44.2 Å². The Hall–Kier alpha value is -3.38. The number of hydrogen-bond donors (Lipinski definition) is 0. The lowest BCUT2D eigenvalue weighted by atomic mass is 9.86. The van der Waals surface area contributed by atoms with E-state index in [4.69, 9.17) is 8.60 Å². The maximum Gasteiger partial charge on any atom is 0.339 e. The van der Waals surface area contributed by atoms with Gasteiger partial charge in [-0.3, -0.25) is 4.79 Å². The number of benzene rings is 3. The summed E-state index contributed by atoms with van der Waals surface area (Å²) in [6, 6.07) is 19.0. The van der Waals surface area contributed by atoms with Crippen molar-refractivity contribution in [1.29, 1.82) is 0 Å². The summed E-state index contributed by atoms with van der Waals surface area (Å²) in [6.07, 6.45) is 0. The van der Waals surface area contributed by atoms with Crippen LogP contribution in [0.15, 0.2) is 80.8 Å². The zero-order chi connectivity index (χ0) is 24.0. The van der Waals surface area contributed by atoms with E-state index in [0.29, 0.717) is 11.1 Å². The van der Waals surface area contributed by atoms with E-state index < -0.39 is 15.5 Å². The molecule has 4 aromatic rings. The highest BCUT2D eigenvalue weighted by atomic mass is 32.2. The average Bonchev–Trinajstić information content (AvgIpc) is 2.76. The second kappa shape index (κ2) is 8.19. The quantitative estimate of drug-likeness (QED) is 0.341. The Morgan fingerprint density at radius 1 is 0.818 bits per heavy atom. The zero-order valence-corrected chi connectivity index (χ0v) is 20.1. The molecule has 0 unspecified atom stereocenters. The first-order chi connectivity index (χ1) is 15.5. The van der Waals surface area contributed by atoms with Gasteiger partial charge in [-0.2, -0.15) is 8.42 Å². The maximum absolute atomic E-state index is 13.4. The van der Waals surface area contributed by atoms with Gasteiger partial charge in [0.2, 0.25) is 11.2 Å². The molecule has 0 bridgehead atoms. The third kappa shape index (κ3) is 4.57. The molecule has 0 saturated carbocycles. The van der Waals surface area contributed by atoms with Crippen molar-refractivity contribution in [2.45, 2.75) is 44.9 Å². The largest absolute Gasteiger partial charge is 0.452 e. The van der Waals surface area contributed by atoms with Crippen LogP contribution >= 0.6 is 0 Å². The summed E-state index contributed by atoms with van der Waals surface area (Å²) in [5.41, 5.74) is 3.18. The van der Waals surface area contributed by atoms with Crippen LogP contribution in [-0.4, -0.2) is 8.42 Å². The minimum atomic E-state index is -4.25. The van der Waals surface area contributed by atoms with Crippen LogP contribution in [0.1, 0.15) is 37.5 Å². The predicted octanol–water partition coefficient (Wildman–Crippen LogP) is 6.14. The molecule has 5 nitrogen and oxygen atoms in total. The van der Waals surface area contributed by atoms with Crippen LogP contribution in [0.2, 0.25) is 0 Å². The fraction of sp³-hybridized carbons (Fsp3) is 0.222. The number of rotatable bonds is 4. The maximum atomic E-state index is 13.4. The lowest BCUT2D eigenvalue weighted by Crippen LogP contribution is -2.17. The van der Waals surface area contributed by atoms with Crippen LogP contribution in [-0.2, 0) is 15.5 Å². The van der Waals surface area contributed by atoms with Crippen LogP contribution in [0.25, 0.3) is 22.3 Å². The minimum absolute atomic E-state index is 0.0362. The van der Waals surface area contributed by atoms with E-state index >= 15 is 0 Å². The molecular weight excluding hydrogens is 436 g/mol. The minimum Gasteiger partial charge on any atom is -0.452 e. The summed E-state index contributed by atoms with van der Waals surface area (Å²) < 4.78 is 37.6. The van der Waals surface area contributed by atoms with Crippen LogP contribution in [0.3, 0.4) is 0 Å². The second-order valence-electron chi connectivity index (χ2n) is 9.27. The Labute approximate surface area is 193 Å². The topological polar surface area (TPSA) is 73.6 Å². The average molecular weight is 463 g/mol. The van der Waals surface area contributed by atoms with Gasteiger partial charge in [-0.25, -0.2) is 0 Å². The molecule has 0 aliphatic rings. The zero-order valence-electron chi connectivity index (χ0n) is 19.3. The lowest BCUT2D eigenvalue weighted by Gasteiger charge is -2.19. The Balaban J connectivity index is 1.92. The van der Waals surface area contributed by atoms with Crippen LogP contribution in [0, 0.1) is 13.8 Å². The molecule has 1 heterocycles. The molecule has 33 heavy (non-hydrogen) atoms. The molecule has 0 atom stereocenters. The van der Waals surface area contributed by atoms with Crippen molar-refractivity contribution in [3.8, 4) is 17.1 Å². The summed E-state index contributed by atoms with van der Waals surface area (Å²) in [5.74, 6) is -0.273. The molecule has 1 aromatic heterocycles. The van der Waals surface area contributed by atoms with E-state index in [1.165, 1.54) is 12.1 Å². The van der Waals surface area contributed by atoms with Crippen molar-refractivity contribution in [2.24, 2.45) is 0 Å². The van der Waals surface area contributed by atoms with Gasteiger partial charge in [-0.05, 0) is 49.1 Å². The predicted molar refractivity (Wildman–Crippen MR) is 130 cm³/mol. The first-order valence-corrected chi connectivity index (χ1v) is 12.1. The number of aryl methyl sites for hydroxylation is 2. The smallest absolute Gasteiger partial charge is 0.339 e. The Morgan fingerprint density at radius 3 is 2.03 bits per heavy atom. The van der Waals surface area contributed by atoms with E-state index in [0.717, 1.165) is 16.7 Å². The van der Waals surface area contributed by atoms with Crippen molar-refractivity contribution in [2.75, 3.05) is 0 Å². The van der Waals surface area contributed by atoms with E-state index in [1.54, 1.807) is 24.3 Å². The third-order valence-corrected chi connectivity index (χ3v) is 6.76. The fourth-order valence-electron chi connectivity index (χ4n) is 3.54. The van der Waals surface area contributed by atoms with E-state index in [-0.39, 0.29) is 27.2 Å². The van der Waals surface area contributed by atoms with Crippen molar-refractivity contribution in [3.63, 3.8) is 0 Å². The van der Waals surface area contributed by atoms with Gasteiger partial charge in [0.05, 0.1) is 5.39 Å². The first-order valence-electron chi connectivity index (χ1n) is 10.7. The summed E-state index contributed by atoms with van der Waals surface area (Å²) in [7, 11) is -4.25. The molecule has 3 aromatic carbocycles. The lowest BCUT2D eigenvalue weighted by molar-refractivity contribution is 0.472. The highest BCUT2D eigenvalue weighted by Gasteiger charge is 2.25. The Kier molecular flexibility index (Phi) is 5.66. The van der Waals surface area contributed by atoms with Crippen molar-refractivity contribution < 1.29 is 17.0 Å². The first kappa shape index (κ1) is 22.8. The van der Waals surface area contributed by atoms with Gasteiger partial charge in [0.15, 0.2) is 5.76 Å². The van der Waals surface area contributed by atoms with Crippen molar-refractivity contribution in [3.05, 3.63) is 93.6 Å². The summed E-state index contributed by atoms with van der Waals surface area (Å²) in [6.45, 7) is 10.0. The molecule has 0 radical (unpaired) electrons. The van der Waals surface area contributed by atoms with Crippen LogP contribution < -0.4 is 9.61 Å². The summed E-state index contributed by atoms with van der Waals surface area (Å²) in [5, 5.41) is 0.263. The molecule has 0 aliphatic heterocycles. The second-order valence-corrected chi connectivity index (χ2v) is 10.8.